The third-order valence-corrected chi connectivity index (χ3v) is 5.02. The zero-order valence-corrected chi connectivity index (χ0v) is 23.2. The van der Waals surface area contributed by atoms with Crippen LogP contribution in [0.1, 0.15) is 57.2 Å². The fourth-order valence-electron chi connectivity index (χ4n) is 2.90. The first-order chi connectivity index (χ1) is 17.1. The first-order valence-electron chi connectivity index (χ1n) is 11.7. The average molecular weight is 522 g/mol. The molecule has 0 spiro atoms. The predicted octanol–water partition coefficient (Wildman–Crippen LogP) is 8.40. The summed E-state index contributed by atoms with van der Waals surface area (Å²) in [5.74, 6) is 1.15. The molecule has 7 heteroatoms. The highest BCUT2D eigenvalue weighted by molar-refractivity contribution is 6.27. The van der Waals surface area contributed by atoms with Gasteiger partial charge < -0.3 is 14.0 Å². The molecular weight excluding hydrogens is 483 g/mol. The van der Waals surface area contributed by atoms with Crippen LogP contribution in [0.5, 0.6) is 5.75 Å². The lowest BCUT2D eigenvalue weighted by Crippen LogP contribution is -2.10. The topological polar surface area (TPSA) is 53.4 Å². The molecule has 192 valence electrons. The Morgan fingerprint density at radius 2 is 1.69 bits per heavy atom. The molecule has 2 aromatic carbocycles. The number of fused-ring (bicyclic) bond motifs is 1. The molecule has 35 heavy (non-hydrogen) atoms. The fourth-order valence-corrected chi connectivity index (χ4v) is 3.38. The van der Waals surface area contributed by atoms with E-state index in [-0.39, 0.29) is 6.61 Å². The number of hydrogen-bond donors (Lipinski definition) is 0. The molecule has 0 bridgehead atoms. The number of ether oxygens (including phenoxy) is 2. The van der Waals surface area contributed by atoms with E-state index < -0.39 is 5.97 Å². The Hall–Kier alpha value is -2.76. The van der Waals surface area contributed by atoms with Crippen LogP contribution in [0.3, 0.4) is 0 Å². The first-order valence-corrected chi connectivity index (χ1v) is 12.7. The first kappa shape index (κ1) is 32.2. The maximum absolute atomic E-state index is 11.9. The van der Waals surface area contributed by atoms with Crippen molar-refractivity contribution >= 4 is 40.2 Å². The van der Waals surface area contributed by atoms with Gasteiger partial charge in [0.25, 0.3) is 0 Å². The van der Waals surface area contributed by atoms with Crippen LogP contribution >= 0.6 is 23.2 Å². The van der Waals surface area contributed by atoms with Crippen LogP contribution < -0.4 is 4.74 Å². The van der Waals surface area contributed by atoms with Gasteiger partial charge in [0.1, 0.15) is 23.7 Å². The maximum atomic E-state index is 11.9. The molecule has 0 fully saturated rings. The summed E-state index contributed by atoms with van der Waals surface area (Å²) in [6, 6.07) is 14.9. The van der Waals surface area contributed by atoms with Crippen molar-refractivity contribution in [3.63, 3.8) is 0 Å². The summed E-state index contributed by atoms with van der Waals surface area (Å²) in [7, 11) is 1.34. The third-order valence-electron chi connectivity index (χ3n) is 4.37. The number of methoxy groups -OCH3 is 1. The van der Waals surface area contributed by atoms with Crippen LogP contribution in [0.25, 0.3) is 11.0 Å². The Labute approximate surface area is 220 Å². The molecule has 3 rings (SSSR count). The van der Waals surface area contributed by atoms with E-state index in [1.807, 2.05) is 65.0 Å². The minimum absolute atomic E-state index is 0.212. The predicted molar refractivity (Wildman–Crippen MR) is 150 cm³/mol. The van der Waals surface area contributed by atoms with Crippen molar-refractivity contribution < 1.29 is 14.3 Å². The number of para-hydroxylation sites is 3. The Kier molecular flexibility index (Phi) is 18.0. The van der Waals surface area contributed by atoms with E-state index in [2.05, 4.69) is 16.1 Å². The molecule has 0 radical (unpaired) electrons. The van der Waals surface area contributed by atoms with Gasteiger partial charge in [0.2, 0.25) is 0 Å². The molecule has 5 nitrogen and oxygen atoms in total. The lowest BCUT2D eigenvalue weighted by atomic mass is 10.2. The summed E-state index contributed by atoms with van der Waals surface area (Å²) in [4.78, 5) is 16.6. The average Bonchev–Trinajstić information content (AvgIpc) is 3.28. The molecular formula is C28H38Cl2N2O3. The summed E-state index contributed by atoms with van der Waals surface area (Å²) < 4.78 is 12.8. The molecule has 3 aromatic rings. The maximum Gasteiger partial charge on any atom is 0.341 e. The Balaban J connectivity index is 0.00000150. The number of aromatic nitrogens is 2. The lowest BCUT2D eigenvalue weighted by Gasteiger charge is -2.12. The van der Waals surface area contributed by atoms with Crippen LogP contribution in [-0.2, 0) is 17.9 Å². The summed E-state index contributed by atoms with van der Waals surface area (Å²) in [5.41, 5.74) is 4.73. The van der Waals surface area contributed by atoms with Gasteiger partial charge in [-0.05, 0) is 43.2 Å². The van der Waals surface area contributed by atoms with Crippen molar-refractivity contribution in [3.05, 3.63) is 83.7 Å². The molecule has 1 aromatic heterocycles. The molecule has 0 unspecified atom stereocenters. The van der Waals surface area contributed by atoms with Crippen LogP contribution in [0.15, 0.2) is 72.3 Å². The van der Waals surface area contributed by atoms with Gasteiger partial charge in [-0.1, -0.05) is 69.6 Å². The van der Waals surface area contributed by atoms with Gasteiger partial charge in [0.15, 0.2) is 0 Å². The second-order valence-electron chi connectivity index (χ2n) is 6.50. The van der Waals surface area contributed by atoms with Crippen LogP contribution in [-0.4, -0.2) is 28.5 Å². The normalized spacial score (nSPS) is 10.0. The summed E-state index contributed by atoms with van der Waals surface area (Å²) >= 11 is 11.7. The number of benzene rings is 2. The minimum atomic E-state index is -0.442. The van der Waals surface area contributed by atoms with Crippen molar-refractivity contribution in [1.29, 1.82) is 0 Å². The highest BCUT2D eigenvalue weighted by Gasteiger charge is 2.15. The summed E-state index contributed by atoms with van der Waals surface area (Å²) in [6.45, 7) is 14.1. The molecule has 1 heterocycles. The number of hydrogen-bond acceptors (Lipinski definition) is 4. The number of carbonyl (C=O) groups excluding carboxylic acids is 1. The van der Waals surface area contributed by atoms with Crippen LogP contribution in [0.4, 0.5) is 0 Å². The number of alkyl halides is 1. The number of esters is 1. The van der Waals surface area contributed by atoms with E-state index in [1.165, 1.54) is 12.6 Å². The van der Waals surface area contributed by atoms with Gasteiger partial charge in [-0.2, -0.15) is 0 Å². The minimum Gasteiger partial charge on any atom is -0.485 e. The lowest BCUT2D eigenvalue weighted by molar-refractivity contribution is 0.0595. The van der Waals surface area contributed by atoms with Gasteiger partial charge in [-0.3, -0.25) is 0 Å². The molecule has 0 saturated heterocycles. The summed E-state index contributed by atoms with van der Waals surface area (Å²) in [6.07, 6.45) is 2.46. The highest BCUT2D eigenvalue weighted by Crippen LogP contribution is 2.23. The molecule has 0 saturated carbocycles. The van der Waals surface area contributed by atoms with Gasteiger partial charge >= 0.3 is 5.97 Å². The van der Waals surface area contributed by atoms with Crippen LogP contribution in [0.2, 0.25) is 0 Å². The van der Waals surface area contributed by atoms with Gasteiger partial charge in [-0.15, -0.1) is 18.2 Å². The Morgan fingerprint density at radius 3 is 2.29 bits per heavy atom. The summed E-state index contributed by atoms with van der Waals surface area (Å²) in [5, 5.41) is 0. The number of nitrogens with zero attached hydrogens (tertiary/aromatic N) is 2. The standard InChI is InChI=1S/C21H20Cl2N2O3.C3H6.2C2H6/c1-27-21(26)16-6-2-5-9-19(16)28-14-20-24-17-7-3-4-8-18(17)25(20)11-10-15(12-22)13-23;1-3-2;2*1-2/h2-9,12H,10-11,13-14H2,1H3;3H,1H2,2H3;2*1-2H3/b15-12+;;;. The highest BCUT2D eigenvalue weighted by atomic mass is 35.5. The Bertz CT molecular complexity index is 1050. The van der Waals surface area contributed by atoms with Crippen LogP contribution in [0, 0.1) is 0 Å². The quantitative estimate of drug-likeness (QED) is 0.170. The van der Waals surface area contributed by atoms with Crippen molar-refractivity contribution in [2.24, 2.45) is 0 Å². The Morgan fingerprint density at radius 1 is 1.09 bits per heavy atom. The second kappa shape index (κ2) is 19.5. The van der Waals surface area contributed by atoms with E-state index in [4.69, 9.17) is 32.7 Å². The van der Waals surface area contributed by atoms with Gasteiger partial charge in [-0.25, -0.2) is 9.78 Å². The zero-order chi connectivity index (χ0) is 26.6. The monoisotopic (exact) mass is 520 g/mol. The zero-order valence-electron chi connectivity index (χ0n) is 21.7. The van der Waals surface area contributed by atoms with Crippen molar-refractivity contribution in [2.75, 3.05) is 13.0 Å². The number of halogens is 2. The smallest absolute Gasteiger partial charge is 0.341 e. The molecule has 0 N–H and O–H groups in total. The second-order valence-corrected chi connectivity index (χ2v) is 6.99. The van der Waals surface area contributed by atoms with Crippen molar-refractivity contribution in [2.45, 2.75) is 54.2 Å². The van der Waals surface area contributed by atoms with Crippen molar-refractivity contribution in [1.82, 2.24) is 9.55 Å². The fraction of sp³-hybridized carbons (Fsp3) is 0.357. The molecule has 0 aliphatic rings. The molecule has 0 aliphatic heterocycles. The van der Waals surface area contributed by atoms with E-state index in [0.29, 0.717) is 30.2 Å². The number of rotatable bonds is 8. The largest absolute Gasteiger partial charge is 0.485 e. The van der Waals surface area contributed by atoms with E-state index >= 15 is 0 Å². The van der Waals surface area contributed by atoms with E-state index in [1.54, 1.807) is 24.3 Å². The number of allylic oxidation sites excluding steroid dienone is 2. The number of imidazole rings is 1. The van der Waals surface area contributed by atoms with E-state index in [0.717, 1.165) is 22.4 Å². The third kappa shape index (κ3) is 10.2. The SMILES string of the molecule is C=CC.CC.CC.COC(=O)c1ccccc1OCc1nc2ccccc2n1CC/C(=C\Cl)CCl. The van der Waals surface area contributed by atoms with E-state index in [9.17, 15) is 4.79 Å². The van der Waals surface area contributed by atoms with Crippen molar-refractivity contribution in [3.8, 4) is 5.75 Å². The molecule has 0 atom stereocenters. The van der Waals surface area contributed by atoms with Gasteiger partial charge in [0.05, 0.1) is 18.1 Å². The molecule has 0 aliphatic carbocycles. The number of aryl methyl sites for hydroxylation is 1. The number of carbonyl (C=O) groups is 1. The molecule has 0 amide bonds. The van der Waals surface area contributed by atoms with Gasteiger partial charge in [0, 0.05) is 18.0 Å².